The topological polar surface area (TPSA) is 84.2 Å². The lowest BCUT2D eigenvalue weighted by atomic mass is 10.2. The van der Waals surface area contributed by atoms with Gasteiger partial charge in [0.05, 0.1) is 6.54 Å². The molecule has 4 N–H and O–H groups in total. The van der Waals surface area contributed by atoms with E-state index in [1.807, 2.05) is 0 Å². The molecule has 2 amide bonds. The van der Waals surface area contributed by atoms with Gasteiger partial charge in [-0.15, -0.1) is 0 Å². The van der Waals surface area contributed by atoms with Gasteiger partial charge in [0.25, 0.3) is 11.8 Å². The summed E-state index contributed by atoms with van der Waals surface area (Å²) in [6.07, 6.45) is 0. The van der Waals surface area contributed by atoms with E-state index >= 15 is 0 Å². The third-order valence-electron chi connectivity index (χ3n) is 1.61. The van der Waals surface area contributed by atoms with Gasteiger partial charge in [0, 0.05) is 10.6 Å². The quantitative estimate of drug-likeness (QED) is 0.625. The zero-order valence-corrected chi connectivity index (χ0v) is 8.54. The van der Waals surface area contributed by atoms with Crippen LogP contribution in [0.5, 0.6) is 0 Å². The highest BCUT2D eigenvalue weighted by atomic mass is 35.5. The van der Waals surface area contributed by atoms with Crippen molar-refractivity contribution >= 4 is 23.4 Å². The molecular weight excluding hydrogens is 218 g/mol. The fourth-order valence-corrected chi connectivity index (χ4v) is 0.977. The Bertz CT molecular complexity index is 364. The highest BCUT2D eigenvalue weighted by Gasteiger charge is 2.05. The fourth-order valence-electron chi connectivity index (χ4n) is 0.851. The summed E-state index contributed by atoms with van der Waals surface area (Å²) in [6.45, 7) is -0.180. The monoisotopic (exact) mass is 227 g/mol. The van der Waals surface area contributed by atoms with Crippen LogP contribution in [0.1, 0.15) is 10.4 Å². The average molecular weight is 228 g/mol. The average Bonchev–Trinajstić information content (AvgIpc) is 2.26. The number of hydrogen-bond acceptors (Lipinski definition) is 3. The number of nitrogens with two attached hydrogens (primary N) is 1. The summed E-state index contributed by atoms with van der Waals surface area (Å²) in [6, 6.07) is 6.26. The summed E-state index contributed by atoms with van der Waals surface area (Å²) < 4.78 is 0. The molecule has 0 aliphatic rings. The number of hydrazine groups is 1. The highest BCUT2D eigenvalue weighted by Crippen LogP contribution is 2.08. The van der Waals surface area contributed by atoms with Crippen LogP contribution < -0.4 is 16.6 Å². The lowest BCUT2D eigenvalue weighted by Crippen LogP contribution is -2.44. The minimum Gasteiger partial charge on any atom is -0.322 e. The third kappa shape index (κ3) is 3.57. The van der Waals surface area contributed by atoms with Gasteiger partial charge in [-0.3, -0.25) is 20.4 Å². The van der Waals surface area contributed by atoms with E-state index in [1.54, 1.807) is 24.3 Å². The van der Waals surface area contributed by atoms with Crippen LogP contribution in [0.15, 0.2) is 24.3 Å². The van der Waals surface area contributed by atoms with E-state index in [0.717, 1.165) is 0 Å². The van der Waals surface area contributed by atoms with E-state index in [-0.39, 0.29) is 6.54 Å². The molecule has 0 unspecified atom stereocenters. The largest absolute Gasteiger partial charge is 0.322 e. The Labute approximate surface area is 91.6 Å². The molecule has 0 saturated carbocycles. The first-order valence-electron chi connectivity index (χ1n) is 4.18. The van der Waals surface area contributed by atoms with Crippen LogP contribution in [-0.4, -0.2) is 18.4 Å². The lowest BCUT2D eigenvalue weighted by Gasteiger charge is -2.05. The number of benzene rings is 1. The molecule has 6 heteroatoms. The number of hydrogen-bond donors (Lipinski definition) is 3. The van der Waals surface area contributed by atoms with Crippen LogP contribution in [-0.2, 0) is 4.79 Å². The first-order valence-corrected chi connectivity index (χ1v) is 4.56. The predicted octanol–water partition coefficient (Wildman–Crippen LogP) is 0.0597. The van der Waals surface area contributed by atoms with Gasteiger partial charge in [-0.2, -0.15) is 0 Å². The van der Waals surface area contributed by atoms with Gasteiger partial charge in [0.1, 0.15) is 0 Å². The van der Waals surface area contributed by atoms with Crippen molar-refractivity contribution in [2.75, 3.05) is 6.54 Å². The van der Waals surface area contributed by atoms with E-state index in [9.17, 15) is 9.59 Å². The molecule has 0 aliphatic heterocycles. The molecule has 0 bridgehead atoms. The molecule has 0 radical (unpaired) electrons. The summed E-state index contributed by atoms with van der Waals surface area (Å²) in [4.78, 5) is 22.1. The molecule has 1 aromatic carbocycles. The Morgan fingerprint density at radius 2 is 1.80 bits per heavy atom. The minimum atomic E-state index is -0.461. The second kappa shape index (κ2) is 5.33. The van der Waals surface area contributed by atoms with Crippen molar-refractivity contribution in [1.82, 2.24) is 10.9 Å². The summed E-state index contributed by atoms with van der Waals surface area (Å²) in [5.41, 5.74) is 9.79. The predicted molar refractivity (Wildman–Crippen MR) is 56.1 cm³/mol. The number of carbonyl (C=O) groups is 2. The number of rotatable bonds is 2. The van der Waals surface area contributed by atoms with Crippen LogP contribution in [0.2, 0.25) is 5.02 Å². The first kappa shape index (κ1) is 11.5. The van der Waals surface area contributed by atoms with E-state index in [4.69, 9.17) is 17.3 Å². The van der Waals surface area contributed by atoms with E-state index in [0.29, 0.717) is 10.6 Å². The highest BCUT2D eigenvalue weighted by molar-refractivity contribution is 6.30. The van der Waals surface area contributed by atoms with E-state index in [2.05, 4.69) is 10.9 Å². The summed E-state index contributed by atoms with van der Waals surface area (Å²) >= 11 is 5.65. The maximum atomic E-state index is 11.4. The summed E-state index contributed by atoms with van der Waals surface area (Å²) in [5.74, 6) is -0.884. The van der Waals surface area contributed by atoms with Crippen molar-refractivity contribution in [2.24, 2.45) is 5.73 Å². The van der Waals surface area contributed by atoms with Crippen molar-refractivity contribution in [2.45, 2.75) is 0 Å². The van der Waals surface area contributed by atoms with Gasteiger partial charge in [0.15, 0.2) is 0 Å². The standard InChI is InChI=1S/C9H10ClN3O2/c10-7-3-1-6(2-4-7)9(15)13-12-8(14)5-11/h1-4H,5,11H2,(H,12,14)(H,13,15). The molecule has 0 saturated heterocycles. The number of carbonyl (C=O) groups excluding carboxylic acids is 2. The van der Waals surface area contributed by atoms with Crippen LogP contribution in [0.4, 0.5) is 0 Å². The summed E-state index contributed by atoms with van der Waals surface area (Å²) in [7, 11) is 0. The zero-order chi connectivity index (χ0) is 11.3. The van der Waals surface area contributed by atoms with Gasteiger partial charge in [-0.05, 0) is 24.3 Å². The maximum absolute atomic E-state index is 11.4. The van der Waals surface area contributed by atoms with Crippen molar-refractivity contribution in [3.05, 3.63) is 34.9 Å². The molecule has 0 aromatic heterocycles. The fraction of sp³-hybridized carbons (Fsp3) is 0.111. The Balaban J connectivity index is 2.54. The lowest BCUT2D eigenvalue weighted by molar-refractivity contribution is -0.120. The number of amides is 2. The molecular formula is C9H10ClN3O2. The molecule has 80 valence electrons. The van der Waals surface area contributed by atoms with Gasteiger partial charge in [-0.1, -0.05) is 11.6 Å². The van der Waals surface area contributed by atoms with Crippen molar-refractivity contribution in [3.8, 4) is 0 Å². The zero-order valence-electron chi connectivity index (χ0n) is 7.79. The molecule has 0 aliphatic carbocycles. The molecule has 0 atom stereocenters. The van der Waals surface area contributed by atoms with E-state index < -0.39 is 11.8 Å². The Hall–Kier alpha value is -1.59. The van der Waals surface area contributed by atoms with Crippen LogP contribution >= 0.6 is 11.6 Å². The molecule has 0 heterocycles. The maximum Gasteiger partial charge on any atom is 0.269 e. The van der Waals surface area contributed by atoms with Gasteiger partial charge in [0.2, 0.25) is 0 Å². The first-order chi connectivity index (χ1) is 7.13. The van der Waals surface area contributed by atoms with Crippen molar-refractivity contribution in [3.63, 3.8) is 0 Å². The van der Waals surface area contributed by atoms with Gasteiger partial charge >= 0.3 is 0 Å². The Morgan fingerprint density at radius 1 is 1.20 bits per heavy atom. The minimum absolute atomic E-state index is 0.180. The van der Waals surface area contributed by atoms with Crippen molar-refractivity contribution < 1.29 is 9.59 Å². The molecule has 1 rings (SSSR count). The van der Waals surface area contributed by atoms with Crippen molar-refractivity contribution in [1.29, 1.82) is 0 Å². The molecule has 0 spiro atoms. The molecule has 15 heavy (non-hydrogen) atoms. The molecule has 1 aromatic rings. The number of nitrogens with one attached hydrogen (secondary N) is 2. The Morgan fingerprint density at radius 3 is 2.33 bits per heavy atom. The normalized spacial score (nSPS) is 9.47. The van der Waals surface area contributed by atoms with Crippen LogP contribution in [0, 0.1) is 0 Å². The SMILES string of the molecule is NCC(=O)NNC(=O)c1ccc(Cl)cc1. The Kier molecular flexibility index (Phi) is 4.08. The molecule has 5 nitrogen and oxygen atoms in total. The van der Waals surface area contributed by atoms with Gasteiger partial charge in [-0.25, -0.2) is 0 Å². The van der Waals surface area contributed by atoms with E-state index in [1.165, 1.54) is 0 Å². The van der Waals surface area contributed by atoms with Crippen LogP contribution in [0.3, 0.4) is 0 Å². The molecule has 0 fully saturated rings. The van der Waals surface area contributed by atoms with Crippen LogP contribution in [0.25, 0.3) is 0 Å². The summed E-state index contributed by atoms with van der Waals surface area (Å²) in [5, 5.41) is 0.539. The number of halogens is 1. The third-order valence-corrected chi connectivity index (χ3v) is 1.86. The smallest absolute Gasteiger partial charge is 0.269 e. The second-order valence-electron chi connectivity index (χ2n) is 2.71. The second-order valence-corrected chi connectivity index (χ2v) is 3.15. The van der Waals surface area contributed by atoms with Gasteiger partial charge < -0.3 is 5.73 Å².